The molecule has 2 aromatic heterocycles. The first kappa shape index (κ1) is 21.2. The lowest BCUT2D eigenvalue weighted by atomic mass is 10.2. The van der Waals surface area contributed by atoms with Crippen molar-refractivity contribution in [2.24, 2.45) is 4.99 Å². The van der Waals surface area contributed by atoms with Crippen LogP contribution in [0, 0.1) is 0 Å². The fourth-order valence-electron chi connectivity index (χ4n) is 2.27. The number of imidazole rings is 1. The van der Waals surface area contributed by atoms with Gasteiger partial charge in [0.15, 0.2) is 5.96 Å². The molecule has 1 amide bonds. The van der Waals surface area contributed by atoms with Crippen LogP contribution in [0.3, 0.4) is 0 Å². The van der Waals surface area contributed by atoms with E-state index in [1.54, 1.807) is 18.7 Å². The van der Waals surface area contributed by atoms with E-state index in [4.69, 9.17) is 4.74 Å². The van der Waals surface area contributed by atoms with Crippen molar-refractivity contribution < 1.29 is 9.53 Å². The van der Waals surface area contributed by atoms with Crippen LogP contribution in [0.25, 0.3) is 5.82 Å². The van der Waals surface area contributed by atoms with Crippen molar-refractivity contribution in [2.45, 2.75) is 39.8 Å². The average Bonchev–Trinajstić information content (AvgIpc) is 3.16. The molecule has 0 atom stereocenters. The Labute approximate surface area is 165 Å². The molecule has 0 spiro atoms. The number of ether oxygens (including phenoxy) is 1. The summed E-state index contributed by atoms with van der Waals surface area (Å²) in [5, 5.41) is 9.08. The molecule has 9 nitrogen and oxygen atoms in total. The van der Waals surface area contributed by atoms with E-state index < -0.39 is 11.7 Å². The van der Waals surface area contributed by atoms with Gasteiger partial charge in [-0.15, -0.1) is 0 Å². The van der Waals surface area contributed by atoms with Crippen LogP contribution in [0.2, 0.25) is 0 Å². The van der Waals surface area contributed by atoms with E-state index in [1.807, 2.05) is 50.6 Å². The number of nitrogens with one attached hydrogen (secondary N) is 3. The van der Waals surface area contributed by atoms with Gasteiger partial charge in [-0.3, -0.25) is 4.57 Å². The number of guanidine groups is 1. The summed E-state index contributed by atoms with van der Waals surface area (Å²) in [4.78, 5) is 24.6. The predicted molar refractivity (Wildman–Crippen MR) is 108 cm³/mol. The van der Waals surface area contributed by atoms with E-state index in [-0.39, 0.29) is 0 Å². The number of hydrogen-bond acceptors (Lipinski definition) is 5. The van der Waals surface area contributed by atoms with Crippen LogP contribution in [0.15, 0.2) is 42.0 Å². The molecule has 2 heterocycles. The van der Waals surface area contributed by atoms with Gasteiger partial charge in [0, 0.05) is 38.2 Å². The minimum absolute atomic E-state index is 0.430. The van der Waals surface area contributed by atoms with Crippen LogP contribution in [-0.2, 0) is 11.3 Å². The molecule has 0 fully saturated rings. The van der Waals surface area contributed by atoms with Crippen LogP contribution in [-0.4, -0.2) is 51.8 Å². The van der Waals surface area contributed by atoms with Crippen molar-refractivity contribution in [3.8, 4) is 5.82 Å². The van der Waals surface area contributed by atoms with Crippen molar-refractivity contribution in [1.82, 2.24) is 30.5 Å². The van der Waals surface area contributed by atoms with Gasteiger partial charge in [-0.2, -0.15) is 0 Å². The second-order valence-electron chi connectivity index (χ2n) is 7.04. The first-order valence-electron chi connectivity index (χ1n) is 9.29. The van der Waals surface area contributed by atoms with E-state index in [2.05, 4.69) is 30.9 Å². The van der Waals surface area contributed by atoms with Gasteiger partial charge in [0.25, 0.3) is 0 Å². The second kappa shape index (κ2) is 10.3. The van der Waals surface area contributed by atoms with Crippen LogP contribution >= 0.6 is 0 Å². The monoisotopic (exact) mass is 387 g/mol. The molecule has 0 aliphatic carbocycles. The highest BCUT2D eigenvalue weighted by Gasteiger charge is 2.15. The maximum Gasteiger partial charge on any atom is 0.407 e. The summed E-state index contributed by atoms with van der Waals surface area (Å²) in [7, 11) is 0. The Morgan fingerprint density at radius 3 is 2.68 bits per heavy atom. The number of alkyl carbamates (subject to hydrolysis) is 1. The summed E-state index contributed by atoms with van der Waals surface area (Å²) >= 11 is 0. The molecule has 0 saturated carbocycles. The van der Waals surface area contributed by atoms with Crippen molar-refractivity contribution in [3.63, 3.8) is 0 Å². The highest BCUT2D eigenvalue weighted by atomic mass is 16.6. The van der Waals surface area contributed by atoms with E-state index in [0.717, 1.165) is 17.9 Å². The standard InChI is InChI=1S/C19H29N7O2/c1-5-21-17(23-8-9-24-18(27)28-19(2,3)4)25-13-15-6-7-22-16(12-15)26-11-10-20-14-26/h6-7,10-12,14H,5,8-9,13H2,1-4H3,(H,24,27)(H2,21,23,25). The van der Waals surface area contributed by atoms with Gasteiger partial charge in [-0.25, -0.2) is 19.8 Å². The molecule has 9 heteroatoms. The lowest BCUT2D eigenvalue weighted by Crippen LogP contribution is -2.42. The van der Waals surface area contributed by atoms with Crippen LogP contribution in [0.1, 0.15) is 33.3 Å². The largest absolute Gasteiger partial charge is 0.444 e. The SMILES string of the molecule is CCNC(=NCc1ccnc(-n2ccnc2)c1)NCCNC(=O)OC(C)(C)C. The second-order valence-corrected chi connectivity index (χ2v) is 7.04. The summed E-state index contributed by atoms with van der Waals surface area (Å²) in [5.41, 5.74) is 0.524. The number of aromatic nitrogens is 3. The Morgan fingerprint density at radius 2 is 2.00 bits per heavy atom. The van der Waals surface area contributed by atoms with Crippen molar-refractivity contribution >= 4 is 12.1 Å². The number of pyridine rings is 1. The zero-order valence-corrected chi connectivity index (χ0v) is 16.9. The van der Waals surface area contributed by atoms with Gasteiger partial charge in [-0.05, 0) is 45.4 Å². The van der Waals surface area contributed by atoms with E-state index in [9.17, 15) is 4.79 Å². The van der Waals surface area contributed by atoms with Gasteiger partial charge in [-0.1, -0.05) is 0 Å². The van der Waals surface area contributed by atoms with Gasteiger partial charge >= 0.3 is 6.09 Å². The summed E-state index contributed by atoms with van der Waals surface area (Å²) < 4.78 is 7.05. The highest BCUT2D eigenvalue weighted by Crippen LogP contribution is 2.08. The lowest BCUT2D eigenvalue weighted by Gasteiger charge is -2.19. The van der Waals surface area contributed by atoms with Gasteiger partial charge in [0.2, 0.25) is 0 Å². The molecule has 0 unspecified atom stereocenters. The molecule has 0 aromatic carbocycles. The van der Waals surface area contributed by atoms with Gasteiger partial charge in [0.05, 0.1) is 6.54 Å². The Kier molecular flexibility index (Phi) is 7.79. The number of carbonyl (C=O) groups is 1. The quantitative estimate of drug-likeness (QED) is 0.380. The Balaban J connectivity index is 1.85. The third-order valence-electron chi connectivity index (χ3n) is 3.43. The zero-order chi connectivity index (χ0) is 20.4. The summed E-state index contributed by atoms with van der Waals surface area (Å²) in [5.74, 6) is 1.47. The van der Waals surface area contributed by atoms with Gasteiger partial charge < -0.3 is 20.7 Å². The molecule has 3 N–H and O–H groups in total. The highest BCUT2D eigenvalue weighted by molar-refractivity contribution is 5.79. The molecule has 0 aliphatic rings. The first-order chi connectivity index (χ1) is 13.4. The van der Waals surface area contributed by atoms with Crippen LogP contribution in [0.4, 0.5) is 4.79 Å². The minimum atomic E-state index is -0.506. The maximum absolute atomic E-state index is 11.6. The third-order valence-corrected chi connectivity index (χ3v) is 3.43. The summed E-state index contributed by atoms with van der Waals surface area (Å²) in [6, 6.07) is 3.90. The number of rotatable bonds is 7. The van der Waals surface area contributed by atoms with Crippen LogP contribution < -0.4 is 16.0 Å². The average molecular weight is 387 g/mol. The summed E-state index contributed by atoms with van der Waals surface area (Å²) in [6.07, 6.45) is 6.59. The molecule has 0 saturated heterocycles. The molecule has 28 heavy (non-hydrogen) atoms. The number of carbonyl (C=O) groups excluding carboxylic acids is 1. The molecule has 0 bridgehead atoms. The molecule has 0 radical (unpaired) electrons. The van der Waals surface area contributed by atoms with E-state index in [0.29, 0.717) is 25.6 Å². The topological polar surface area (TPSA) is 105 Å². The first-order valence-corrected chi connectivity index (χ1v) is 9.29. The molecule has 2 aromatic rings. The fraction of sp³-hybridized carbons (Fsp3) is 0.474. The molecule has 2 rings (SSSR count). The van der Waals surface area contributed by atoms with E-state index in [1.165, 1.54) is 0 Å². The van der Waals surface area contributed by atoms with Crippen molar-refractivity contribution in [2.75, 3.05) is 19.6 Å². The van der Waals surface area contributed by atoms with Crippen molar-refractivity contribution in [3.05, 3.63) is 42.6 Å². The smallest absolute Gasteiger partial charge is 0.407 e. The van der Waals surface area contributed by atoms with Gasteiger partial charge in [0.1, 0.15) is 17.7 Å². The number of amides is 1. The van der Waals surface area contributed by atoms with Crippen LogP contribution in [0.5, 0.6) is 0 Å². The predicted octanol–water partition coefficient (Wildman–Crippen LogP) is 1.85. The Bertz CT molecular complexity index is 767. The zero-order valence-electron chi connectivity index (χ0n) is 16.9. The molecular formula is C19H29N7O2. The normalized spacial score (nSPS) is 11.8. The number of aliphatic imine (C=N–C) groups is 1. The Morgan fingerprint density at radius 1 is 1.21 bits per heavy atom. The maximum atomic E-state index is 11.6. The minimum Gasteiger partial charge on any atom is -0.444 e. The Hall–Kier alpha value is -3.10. The molecular weight excluding hydrogens is 358 g/mol. The number of hydrogen-bond donors (Lipinski definition) is 3. The van der Waals surface area contributed by atoms with Crippen molar-refractivity contribution in [1.29, 1.82) is 0 Å². The summed E-state index contributed by atoms with van der Waals surface area (Å²) in [6.45, 7) is 9.69. The van der Waals surface area contributed by atoms with E-state index >= 15 is 0 Å². The lowest BCUT2D eigenvalue weighted by molar-refractivity contribution is 0.0529. The number of nitrogens with zero attached hydrogens (tertiary/aromatic N) is 4. The fourth-order valence-corrected chi connectivity index (χ4v) is 2.27. The third kappa shape index (κ3) is 7.65. The molecule has 152 valence electrons. The molecule has 0 aliphatic heterocycles.